The van der Waals surface area contributed by atoms with E-state index in [1.54, 1.807) is 18.2 Å². The molecule has 1 aliphatic carbocycles. The molecule has 1 fully saturated rings. The highest BCUT2D eigenvalue weighted by molar-refractivity contribution is 6.10. The number of aromatic nitrogens is 2. The molecule has 4 amide bonds. The van der Waals surface area contributed by atoms with Crippen LogP contribution < -0.4 is 16.3 Å². The zero-order valence-corrected chi connectivity index (χ0v) is 16.0. The van der Waals surface area contributed by atoms with Gasteiger partial charge >= 0.3 is 11.7 Å². The van der Waals surface area contributed by atoms with Crippen molar-refractivity contribution in [1.29, 1.82) is 0 Å². The number of aromatic amines is 2. The minimum atomic E-state index is -1.10. The van der Waals surface area contributed by atoms with Crippen molar-refractivity contribution in [2.24, 2.45) is 0 Å². The Morgan fingerprint density at radius 1 is 1.07 bits per heavy atom. The van der Waals surface area contributed by atoms with Crippen LogP contribution >= 0.6 is 0 Å². The standard InChI is InChI=1S/C21H19N5O4/c27-17(22-13-7-8-15-16(10-13)24-19(29)23-15)11-26-18(28)21(25-20(26)30)9-3-5-12-4-1-2-6-14(12)21/h1-2,4,6-8,10H,3,5,9,11H2,(H,22,27)(H,25,30)(H2,23,24,29)/t21-/m0/s1. The number of carbonyl (C=O) groups is 3. The number of carbonyl (C=O) groups excluding carboxylic acids is 3. The molecule has 0 bridgehead atoms. The summed E-state index contributed by atoms with van der Waals surface area (Å²) in [5.74, 6) is -0.905. The van der Waals surface area contributed by atoms with E-state index in [9.17, 15) is 19.2 Å². The van der Waals surface area contributed by atoms with Crippen molar-refractivity contribution in [2.45, 2.75) is 24.8 Å². The minimum absolute atomic E-state index is 0.342. The van der Waals surface area contributed by atoms with Crippen LogP contribution in [0.3, 0.4) is 0 Å². The zero-order chi connectivity index (χ0) is 20.9. The summed E-state index contributed by atoms with van der Waals surface area (Å²) in [6.07, 6.45) is 2.13. The smallest absolute Gasteiger partial charge is 0.324 e. The van der Waals surface area contributed by atoms with Crippen LogP contribution in [0.5, 0.6) is 0 Å². The van der Waals surface area contributed by atoms with Gasteiger partial charge in [0.1, 0.15) is 12.1 Å². The van der Waals surface area contributed by atoms with E-state index in [1.165, 1.54) is 0 Å². The summed E-state index contributed by atoms with van der Waals surface area (Å²) in [6.45, 7) is -0.393. The van der Waals surface area contributed by atoms with Crippen molar-refractivity contribution >= 4 is 34.6 Å². The summed E-state index contributed by atoms with van der Waals surface area (Å²) in [4.78, 5) is 56.0. The molecular weight excluding hydrogens is 386 g/mol. The van der Waals surface area contributed by atoms with E-state index in [-0.39, 0.29) is 5.69 Å². The van der Waals surface area contributed by atoms with Gasteiger partial charge in [-0.15, -0.1) is 0 Å². The number of aryl methyl sites for hydroxylation is 1. The van der Waals surface area contributed by atoms with Crippen molar-refractivity contribution in [2.75, 3.05) is 11.9 Å². The molecule has 0 unspecified atom stereocenters. The lowest BCUT2D eigenvalue weighted by Gasteiger charge is -2.33. The molecular formula is C21H19N5O4. The SMILES string of the molecule is O=C(CN1C(=O)N[C@]2(CCCc3ccccc32)C1=O)Nc1ccc2[nH]c(=O)[nH]c2c1. The number of hydrogen-bond acceptors (Lipinski definition) is 4. The molecule has 30 heavy (non-hydrogen) atoms. The third-order valence-electron chi connectivity index (χ3n) is 5.75. The van der Waals surface area contributed by atoms with Crippen LogP contribution in [0.25, 0.3) is 11.0 Å². The fourth-order valence-electron chi connectivity index (χ4n) is 4.41. The van der Waals surface area contributed by atoms with Gasteiger partial charge in [-0.25, -0.2) is 9.59 Å². The number of amides is 4. The van der Waals surface area contributed by atoms with E-state index in [4.69, 9.17) is 0 Å². The Hall–Kier alpha value is -3.88. The first kappa shape index (κ1) is 18.2. The van der Waals surface area contributed by atoms with E-state index in [0.29, 0.717) is 23.1 Å². The summed E-state index contributed by atoms with van der Waals surface area (Å²) < 4.78 is 0. The maximum Gasteiger partial charge on any atom is 0.325 e. The van der Waals surface area contributed by atoms with Crippen LogP contribution in [0.4, 0.5) is 10.5 Å². The molecule has 2 heterocycles. The molecule has 0 saturated carbocycles. The van der Waals surface area contributed by atoms with Crippen molar-refractivity contribution in [3.8, 4) is 0 Å². The first-order valence-corrected chi connectivity index (χ1v) is 9.71. The monoisotopic (exact) mass is 405 g/mol. The summed E-state index contributed by atoms with van der Waals surface area (Å²) in [5.41, 5.74) is 2.02. The largest absolute Gasteiger partial charge is 0.325 e. The van der Waals surface area contributed by atoms with Gasteiger partial charge < -0.3 is 20.6 Å². The molecule has 1 aromatic heterocycles. The molecule has 1 saturated heterocycles. The average Bonchev–Trinajstić information content (AvgIpc) is 3.20. The van der Waals surface area contributed by atoms with Crippen molar-refractivity contribution in [1.82, 2.24) is 20.2 Å². The first-order chi connectivity index (χ1) is 14.5. The summed E-state index contributed by atoms with van der Waals surface area (Å²) in [5, 5.41) is 5.51. The normalized spacial score (nSPS) is 20.5. The lowest BCUT2D eigenvalue weighted by molar-refractivity contribution is -0.134. The molecule has 152 valence electrons. The molecule has 5 rings (SSSR count). The number of nitrogens with zero attached hydrogens (tertiary/aromatic N) is 1. The zero-order valence-electron chi connectivity index (χ0n) is 16.0. The lowest BCUT2D eigenvalue weighted by atomic mass is 9.76. The van der Waals surface area contributed by atoms with E-state index in [1.807, 2.05) is 24.3 Å². The van der Waals surface area contributed by atoms with Gasteiger partial charge in [0.15, 0.2) is 0 Å². The van der Waals surface area contributed by atoms with Gasteiger partial charge in [0.2, 0.25) is 5.91 Å². The molecule has 2 aliphatic rings. The third-order valence-corrected chi connectivity index (χ3v) is 5.75. The predicted octanol–water partition coefficient (Wildman–Crippen LogP) is 1.58. The van der Waals surface area contributed by atoms with Crippen LogP contribution in [-0.4, -0.2) is 39.3 Å². The molecule has 0 radical (unpaired) electrons. The van der Waals surface area contributed by atoms with E-state index in [2.05, 4.69) is 20.6 Å². The molecule has 1 spiro atoms. The van der Waals surface area contributed by atoms with Crippen LogP contribution in [-0.2, 0) is 21.5 Å². The highest BCUT2D eigenvalue weighted by atomic mass is 16.2. The number of rotatable bonds is 3. The Morgan fingerprint density at radius 2 is 1.87 bits per heavy atom. The number of urea groups is 1. The van der Waals surface area contributed by atoms with Gasteiger partial charge in [0.25, 0.3) is 5.91 Å². The van der Waals surface area contributed by atoms with Gasteiger partial charge in [0.05, 0.1) is 11.0 Å². The lowest BCUT2D eigenvalue weighted by Crippen LogP contribution is -2.47. The minimum Gasteiger partial charge on any atom is -0.324 e. The molecule has 9 heteroatoms. The summed E-state index contributed by atoms with van der Waals surface area (Å²) in [6, 6.07) is 11.9. The van der Waals surface area contributed by atoms with Crippen molar-refractivity contribution in [3.63, 3.8) is 0 Å². The van der Waals surface area contributed by atoms with Crippen LogP contribution in [0.15, 0.2) is 47.3 Å². The number of H-pyrrole nitrogens is 2. The summed E-state index contributed by atoms with van der Waals surface area (Å²) >= 11 is 0. The maximum absolute atomic E-state index is 13.2. The predicted molar refractivity (Wildman–Crippen MR) is 109 cm³/mol. The summed E-state index contributed by atoms with van der Waals surface area (Å²) in [7, 11) is 0. The number of fused-ring (bicyclic) bond motifs is 3. The third kappa shape index (κ3) is 2.78. The van der Waals surface area contributed by atoms with E-state index < -0.39 is 29.9 Å². The second kappa shape index (κ2) is 6.58. The van der Waals surface area contributed by atoms with E-state index in [0.717, 1.165) is 28.9 Å². The number of hydrogen-bond donors (Lipinski definition) is 4. The highest BCUT2D eigenvalue weighted by Crippen LogP contribution is 2.39. The van der Waals surface area contributed by atoms with Crippen molar-refractivity contribution < 1.29 is 14.4 Å². The molecule has 3 aromatic rings. The van der Waals surface area contributed by atoms with Crippen molar-refractivity contribution in [3.05, 3.63) is 64.1 Å². The first-order valence-electron chi connectivity index (χ1n) is 9.71. The number of imidazole rings is 1. The van der Waals surface area contributed by atoms with Crippen LogP contribution in [0.2, 0.25) is 0 Å². The number of anilines is 1. The second-order valence-electron chi connectivity index (χ2n) is 7.63. The Balaban J connectivity index is 1.36. The van der Waals surface area contributed by atoms with Gasteiger partial charge in [-0.2, -0.15) is 0 Å². The molecule has 4 N–H and O–H groups in total. The Morgan fingerprint density at radius 3 is 2.73 bits per heavy atom. The number of benzene rings is 2. The maximum atomic E-state index is 13.2. The Labute approximate surface area is 170 Å². The van der Waals surface area contributed by atoms with Gasteiger partial charge in [-0.1, -0.05) is 24.3 Å². The van der Waals surface area contributed by atoms with Crippen LogP contribution in [0.1, 0.15) is 24.0 Å². The number of nitrogens with one attached hydrogen (secondary N) is 4. The molecule has 9 nitrogen and oxygen atoms in total. The average molecular weight is 405 g/mol. The Bertz CT molecular complexity index is 1260. The molecule has 1 atom stereocenters. The van der Waals surface area contributed by atoms with Gasteiger partial charge in [0, 0.05) is 5.69 Å². The molecule has 1 aliphatic heterocycles. The van der Waals surface area contributed by atoms with E-state index >= 15 is 0 Å². The molecule has 2 aromatic carbocycles. The highest BCUT2D eigenvalue weighted by Gasteiger charge is 2.54. The fourth-order valence-corrected chi connectivity index (χ4v) is 4.41. The number of imide groups is 1. The van der Waals surface area contributed by atoms with Gasteiger partial charge in [-0.05, 0) is 48.6 Å². The fraction of sp³-hybridized carbons (Fsp3) is 0.238. The quantitative estimate of drug-likeness (QED) is 0.493. The van der Waals surface area contributed by atoms with Gasteiger partial charge in [-0.3, -0.25) is 14.5 Å². The topological polar surface area (TPSA) is 127 Å². The second-order valence-corrected chi connectivity index (χ2v) is 7.63. The van der Waals surface area contributed by atoms with Crippen LogP contribution in [0, 0.1) is 0 Å². The Kier molecular flexibility index (Phi) is 3.99.